The smallest absolute Gasteiger partial charge is 0.207 e. The van der Waals surface area contributed by atoms with E-state index in [-0.39, 0.29) is 17.5 Å². The summed E-state index contributed by atoms with van der Waals surface area (Å²) in [5.41, 5.74) is 1.70. The number of amides is 1. The molecule has 4 heteroatoms. The van der Waals surface area contributed by atoms with Gasteiger partial charge in [-0.25, -0.2) is 0 Å². The largest absolute Gasteiger partial charge is 0.508 e. The lowest BCUT2D eigenvalue weighted by Crippen LogP contribution is -2.20. The van der Waals surface area contributed by atoms with Gasteiger partial charge in [-0.05, 0) is 35.4 Å². The van der Waals surface area contributed by atoms with E-state index in [1.165, 1.54) is 0 Å². The van der Waals surface area contributed by atoms with Crippen molar-refractivity contribution in [2.45, 2.75) is 6.04 Å². The molecule has 0 bridgehead atoms. The highest BCUT2D eigenvalue weighted by atomic mass is 16.3. The highest BCUT2D eigenvalue weighted by Gasteiger charge is 2.12. The predicted molar refractivity (Wildman–Crippen MR) is 67.3 cm³/mol. The average molecular weight is 243 g/mol. The van der Waals surface area contributed by atoms with Crippen molar-refractivity contribution in [2.24, 2.45) is 0 Å². The van der Waals surface area contributed by atoms with E-state index in [1.54, 1.807) is 48.5 Å². The third-order valence-corrected chi connectivity index (χ3v) is 2.69. The van der Waals surface area contributed by atoms with Crippen molar-refractivity contribution in [1.82, 2.24) is 5.32 Å². The molecule has 2 aromatic rings. The van der Waals surface area contributed by atoms with Crippen LogP contribution in [-0.2, 0) is 4.79 Å². The van der Waals surface area contributed by atoms with Gasteiger partial charge in [0.1, 0.15) is 11.5 Å². The molecule has 0 spiro atoms. The maximum Gasteiger partial charge on any atom is 0.207 e. The summed E-state index contributed by atoms with van der Waals surface area (Å²) in [6, 6.07) is 12.9. The summed E-state index contributed by atoms with van der Waals surface area (Å²) < 4.78 is 0. The Morgan fingerprint density at radius 1 is 0.833 bits per heavy atom. The maximum absolute atomic E-state index is 10.7. The van der Waals surface area contributed by atoms with Crippen molar-refractivity contribution >= 4 is 6.41 Å². The molecule has 0 radical (unpaired) electrons. The summed E-state index contributed by atoms with van der Waals surface area (Å²) in [6.07, 6.45) is 0.629. The van der Waals surface area contributed by atoms with Crippen LogP contribution in [-0.4, -0.2) is 16.6 Å². The van der Waals surface area contributed by atoms with Gasteiger partial charge in [0.2, 0.25) is 6.41 Å². The van der Waals surface area contributed by atoms with Crippen LogP contribution in [0.4, 0.5) is 0 Å². The van der Waals surface area contributed by atoms with Crippen LogP contribution in [0.5, 0.6) is 11.5 Å². The van der Waals surface area contributed by atoms with Crippen LogP contribution in [0.15, 0.2) is 48.5 Å². The van der Waals surface area contributed by atoms with Gasteiger partial charge in [-0.1, -0.05) is 24.3 Å². The highest BCUT2D eigenvalue weighted by molar-refractivity contribution is 5.51. The fourth-order valence-corrected chi connectivity index (χ4v) is 1.79. The third-order valence-electron chi connectivity index (χ3n) is 2.69. The van der Waals surface area contributed by atoms with Crippen LogP contribution >= 0.6 is 0 Å². The van der Waals surface area contributed by atoms with Crippen LogP contribution in [0.25, 0.3) is 0 Å². The van der Waals surface area contributed by atoms with Crippen molar-refractivity contribution in [1.29, 1.82) is 0 Å². The van der Waals surface area contributed by atoms with Crippen molar-refractivity contribution in [3.8, 4) is 11.5 Å². The van der Waals surface area contributed by atoms with Gasteiger partial charge in [0, 0.05) is 0 Å². The zero-order valence-electron chi connectivity index (χ0n) is 9.58. The second-order valence-electron chi connectivity index (χ2n) is 3.90. The molecule has 0 aromatic heterocycles. The second-order valence-corrected chi connectivity index (χ2v) is 3.90. The van der Waals surface area contributed by atoms with Crippen LogP contribution < -0.4 is 5.32 Å². The summed E-state index contributed by atoms with van der Waals surface area (Å²) in [7, 11) is 0. The maximum atomic E-state index is 10.7. The average Bonchev–Trinajstić information content (AvgIpc) is 2.39. The first-order valence-electron chi connectivity index (χ1n) is 5.48. The van der Waals surface area contributed by atoms with E-state index in [1.807, 2.05) is 0 Å². The molecule has 0 aliphatic rings. The zero-order chi connectivity index (χ0) is 13.0. The van der Waals surface area contributed by atoms with E-state index in [0.29, 0.717) is 6.41 Å². The first kappa shape index (κ1) is 12.0. The molecule has 3 N–H and O–H groups in total. The minimum atomic E-state index is -0.302. The third kappa shape index (κ3) is 2.60. The van der Waals surface area contributed by atoms with Crippen LogP contribution in [0.3, 0.4) is 0 Å². The van der Waals surface area contributed by atoms with Gasteiger partial charge in [0.05, 0.1) is 6.04 Å². The molecular formula is C14H13NO3. The van der Waals surface area contributed by atoms with Gasteiger partial charge >= 0.3 is 0 Å². The molecule has 18 heavy (non-hydrogen) atoms. The summed E-state index contributed by atoms with van der Waals surface area (Å²) in [4.78, 5) is 10.7. The number of rotatable bonds is 4. The molecule has 0 heterocycles. The summed E-state index contributed by atoms with van der Waals surface area (Å²) in [5, 5.41) is 21.2. The molecule has 2 rings (SSSR count). The van der Waals surface area contributed by atoms with E-state index in [2.05, 4.69) is 5.32 Å². The number of carbonyl (C=O) groups is 1. The number of phenols is 2. The van der Waals surface area contributed by atoms with Crippen LogP contribution in [0.1, 0.15) is 17.2 Å². The number of nitrogens with one attached hydrogen (secondary N) is 1. The van der Waals surface area contributed by atoms with Gasteiger partial charge in [-0.3, -0.25) is 4.79 Å². The van der Waals surface area contributed by atoms with Gasteiger partial charge < -0.3 is 15.5 Å². The van der Waals surface area contributed by atoms with E-state index < -0.39 is 0 Å². The van der Waals surface area contributed by atoms with E-state index >= 15 is 0 Å². The van der Waals surface area contributed by atoms with E-state index in [9.17, 15) is 15.0 Å². The first-order chi connectivity index (χ1) is 8.70. The SMILES string of the molecule is O=CNC(c1ccc(O)cc1)c1ccc(O)cc1. The van der Waals surface area contributed by atoms with Crippen molar-refractivity contribution in [3.63, 3.8) is 0 Å². The Morgan fingerprint density at radius 3 is 1.56 bits per heavy atom. The van der Waals surface area contributed by atoms with Gasteiger partial charge in [-0.15, -0.1) is 0 Å². The number of phenolic OH excluding ortho intramolecular Hbond substituents is 2. The summed E-state index contributed by atoms with van der Waals surface area (Å²) in [6.45, 7) is 0. The number of aromatic hydroxyl groups is 2. The molecular weight excluding hydrogens is 230 g/mol. The number of carbonyl (C=O) groups excluding carboxylic acids is 1. The standard InChI is InChI=1S/C14H13NO3/c16-9-15-14(10-1-5-12(17)6-2-10)11-3-7-13(18)8-4-11/h1-9,14,17-18H,(H,15,16). The second kappa shape index (κ2) is 5.23. The van der Waals surface area contributed by atoms with Gasteiger partial charge in [0.25, 0.3) is 0 Å². The number of hydrogen-bond donors (Lipinski definition) is 3. The van der Waals surface area contributed by atoms with E-state index in [4.69, 9.17) is 0 Å². The lowest BCUT2D eigenvalue weighted by atomic mass is 9.99. The monoisotopic (exact) mass is 243 g/mol. The lowest BCUT2D eigenvalue weighted by molar-refractivity contribution is -0.110. The molecule has 0 unspecified atom stereocenters. The first-order valence-corrected chi connectivity index (χ1v) is 5.48. The Labute approximate surface area is 105 Å². The molecule has 0 aliphatic heterocycles. The van der Waals surface area contributed by atoms with Crippen LogP contribution in [0.2, 0.25) is 0 Å². The quantitative estimate of drug-likeness (QED) is 0.719. The number of hydrogen-bond acceptors (Lipinski definition) is 3. The molecule has 1 amide bonds. The fourth-order valence-electron chi connectivity index (χ4n) is 1.79. The van der Waals surface area contributed by atoms with Gasteiger partial charge in [-0.2, -0.15) is 0 Å². The molecule has 2 aromatic carbocycles. The molecule has 92 valence electrons. The Kier molecular flexibility index (Phi) is 3.48. The highest BCUT2D eigenvalue weighted by Crippen LogP contribution is 2.24. The number of benzene rings is 2. The van der Waals surface area contributed by atoms with Crippen LogP contribution in [0, 0.1) is 0 Å². The van der Waals surface area contributed by atoms with Gasteiger partial charge in [0.15, 0.2) is 0 Å². The van der Waals surface area contributed by atoms with Crippen molar-refractivity contribution in [2.75, 3.05) is 0 Å². The molecule has 4 nitrogen and oxygen atoms in total. The molecule has 0 atom stereocenters. The topological polar surface area (TPSA) is 69.6 Å². The Balaban J connectivity index is 2.35. The lowest BCUT2D eigenvalue weighted by Gasteiger charge is -2.17. The van der Waals surface area contributed by atoms with E-state index in [0.717, 1.165) is 11.1 Å². The Hall–Kier alpha value is -2.49. The summed E-state index contributed by atoms with van der Waals surface area (Å²) in [5.74, 6) is 0.351. The minimum Gasteiger partial charge on any atom is -0.508 e. The molecule has 0 aliphatic carbocycles. The minimum absolute atomic E-state index is 0.175. The van der Waals surface area contributed by atoms with Crippen molar-refractivity contribution in [3.05, 3.63) is 59.7 Å². The molecule has 0 saturated heterocycles. The summed E-state index contributed by atoms with van der Waals surface area (Å²) >= 11 is 0. The molecule has 0 saturated carbocycles. The zero-order valence-corrected chi connectivity index (χ0v) is 9.58. The fraction of sp³-hybridized carbons (Fsp3) is 0.0714. The Bertz CT molecular complexity index is 474. The Morgan fingerprint density at radius 2 is 1.22 bits per heavy atom. The van der Waals surface area contributed by atoms with Crippen molar-refractivity contribution < 1.29 is 15.0 Å². The predicted octanol–water partition coefficient (Wildman–Crippen LogP) is 1.93. The molecule has 0 fully saturated rings. The normalized spacial score (nSPS) is 10.3.